The van der Waals surface area contributed by atoms with Crippen LogP contribution in [0.2, 0.25) is 0 Å². The van der Waals surface area contributed by atoms with Gasteiger partial charge in [-0.1, -0.05) is 47.6 Å². The van der Waals surface area contributed by atoms with Gasteiger partial charge in [-0.2, -0.15) is 0 Å². The molecule has 1 aliphatic carbocycles. The predicted molar refractivity (Wildman–Crippen MR) is 80.8 cm³/mol. The normalized spacial score (nSPS) is 19.6. The Kier molecular flexibility index (Phi) is 3.21. The van der Waals surface area contributed by atoms with Crippen LogP contribution in [0.4, 0.5) is 0 Å². The summed E-state index contributed by atoms with van der Waals surface area (Å²) in [5.41, 5.74) is 10.9. The Morgan fingerprint density at radius 3 is 2.05 bits per heavy atom. The number of rotatable bonds is 0. The summed E-state index contributed by atoms with van der Waals surface area (Å²) < 4.78 is 0. The minimum Gasteiger partial charge on any atom is -0.507 e. The van der Waals surface area contributed by atoms with Crippen molar-refractivity contribution in [2.75, 3.05) is 0 Å². The van der Waals surface area contributed by atoms with Crippen LogP contribution < -0.4 is 5.73 Å². The van der Waals surface area contributed by atoms with Crippen molar-refractivity contribution in [2.45, 2.75) is 71.3 Å². The molecule has 0 amide bonds. The van der Waals surface area contributed by atoms with E-state index in [0.717, 1.165) is 24.0 Å². The molecule has 0 bridgehead atoms. The molecule has 1 atom stereocenters. The average Bonchev–Trinajstić information content (AvgIpc) is 2.58. The molecular weight excluding hydrogens is 234 g/mol. The van der Waals surface area contributed by atoms with Crippen molar-refractivity contribution in [3.8, 4) is 5.75 Å². The zero-order chi connectivity index (χ0) is 14.6. The Labute approximate surface area is 117 Å². The van der Waals surface area contributed by atoms with Gasteiger partial charge in [-0.25, -0.2) is 0 Å². The van der Waals surface area contributed by atoms with Crippen molar-refractivity contribution in [3.05, 3.63) is 28.3 Å². The van der Waals surface area contributed by atoms with E-state index in [1.165, 1.54) is 11.1 Å². The standard InChI is InChI=1S/C17H27NO/c1-16(2,3)11-9-12(17(4,5)6)15(19)14-10(11)7-8-13(14)18/h9,13,19H,7-8,18H2,1-6H3/t13-/m0/s1. The summed E-state index contributed by atoms with van der Waals surface area (Å²) in [6.45, 7) is 13.1. The first kappa shape index (κ1) is 14.4. The van der Waals surface area contributed by atoms with Crippen LogP contribution in [0.1, 0.15) is 76.3 Å². The zero-order valence-electron chi connectivity index (χ0n) is 13.1. The van der Waals surface area contributed by atoms with E-state index in [-0.39, 0.29) is 16.9 Å². The maximum absolute atomic E-state index is 10.6. The first-order valence-electron chi connectivity index (χ1n) is 7.18. The average molecular weight is 261 g/mol. The van der Waals surface area contributed by atoms with E-state index in [2.05, 4.69) is 47.6 Å². The minimum absolute atomic E-state index is 0.0154. The molecule has 0 saturated heterocycles. The summed E-state index contributed by atoms with van der Waals surface area (Å²) in [5, 5.41) is 10.6. The summed E-state index contributed by atoms with van der Waals surface area (Å²) in [6, 6.07) is 2.19. The van der Waals surface area contributed by atoms with Crippen LogP contribution in [0.25, 0.3) is 0 Å². The lowest BCUT2D eigenvalue weighted by atomic mass is 9.76. The Balaban J connectivity index is 2.78. The fraction of sp³-hybridized carbons (Fsp3) is 0.647. The third kappa shape index (κ3) is 2.38. The van der Waals surface area contributed by atoms with E-state index in [1.807, 2.05) is 0 Å². The third-order valence-electron chi connectivity index (χ3n) is 4.14. The van der Waals surface area contributed by atoms with Gasteiger partial charge in [-0.15, -0.1) is 0 Å². The van der Waals surface area contributed by atoms with Gasteiger partial charge in [0.1, 0.15) is 5.75 Å². The fourth-order valence-electron chi connectivity index (χ4n) is 3.09. The first-order chi connectivity index (χ1) is 8.53. The monoisotopic (exact) mass is 261 g/mol. The molecule has 19 heavy (non-hydrogen) atoms. The lowest BCUT2D eigenvalue weighted by molar-refractivity contribution is 0.434. The van der Waals surface area contributed by atoms with E-state index in [1.54, 1.807) is 0 Å². The van der Waals surface area contributed by atoms with Crippen molar-refractivity contribution in [1.82, 2.24) is 0 Å². The lowest BCUT2D eigenvalue weighted by Gasteiger charge is -2.29. The van der Waals surface area contributed by atoms with Crippen LogP contribution in [0.15, 0.2) is 6.07 Å². The maximum Gasteiger partial charge on any atom is 0.124 e. The van der Waals surface area contributed by atoms with E-state index >= 15 is 0 Å². The molecule has 0 fully saturated rings. The number of phenolic OH excluding ortho intramolecular Hbond substituents is 1. The molecule has 2 nitrogen and oxygen atoms in total. The van der Waals surface area contributed by atoms with Gasteiger partial charge in [0.15, 0.2) is 0 Å². The number of hydrogen-bond acceptors (Lipinski definition) is 2. The topological polar surface area (TPSA) is 46.2 Å². The molecule has 2 heteroatoms. The van der Waals surface area contributed by atoms with Crippen molar-refractivity contribution in [2.24, 2.45) is 5.73 Å². The number of hydrogen-bond donors (Lipinski definition) is 2. The predicted octanol–water partition coefficient (Wildman–Crippen LogP) is 3.93. The lowest BCUT2D eigenvalue weighted by Crippen LogP contribution is -2.20. The van der Waals surface area contributed by atoms with Crippen LogP contribution in [-0.4, -0.2) is 5.11 Å². The van der Waals surface area contributed by atoms with E-state index in [0.29, 0.717) is 5.75 Å². The van der Waals surface area contributed by atoms with Gasteiger partial charge < -0.3 is 10.8 Å². The van der Waals surface area contributed by atoms with Crippen LogP contribution in [0, 0.1) is 0 Å². The Morgan fingerprint density at radius 2 is 1.58 bits per heavy atom. The van der Waals surface area contributed by atoms with Gasteiger partial charge in [0.2, 0.25) is 0 Å². The second-order valence-corrected chi connectivity index (χ2v) is 7.86. The van der Waals surface area contributed by atoms with Gasteiger partial charge in [-0.05, 0) is 40.4 Å². The molecule has 0 aliphatic heterocycles. The molecule has 0 radical (unpaired) electrons. The molecular formula is C17H27NO. The minimum atomic E-state index is -0.0680. The molecule has 0 unspecified atom stereocenters. The van der Waals surface area contributed by atoms with E-state index < -0.39 is 0 Å². The molecule has 0 saturated carbocycles. The largest absolute Gasteiger partial charge is 0.507 e. The molecule has 106 valence electrons. The van der Waals surface area contributed by atoms with Crippen molar-refractivity contribution < 1.29 is 5.11 Å². The summed E-state index contributed by atoms with van der Waals surface area (Å²) in [6.07, 6.45) is 1.93. The number of fused-ring (bicyclic) bond motifs is 1. The summed E-state index contributed by atoms with van der Waals surface area (Å²) >= 11 is 0. The maximum atomic E-state index is 10.6. The van der Waals surface area contributed by atoms with Gasteiger partial charge in [0.05, 0.1) is 0 Å². The van der Waals surface area contributed by atoms with Crippen molar-refractivity contribution in [3.63, 3.8) is 0 Å². The number of phenols is 1. The molecule has 0 spiro atoms. The van der Waals surface area contributed by atoms with Gasteiger partial charge in [-0.3, -0.25) is 0 Å². The molecule has 0 aromatic heterocycles. The number of aromatic hydroxyl groups is 1. The third-order valence-corrected chi connectivity index (χ3v) is 4.14. The Morgan fingerprint density at radius 1 is 1.05 bits per heavy atom. The molecule has 0 heterocycles. The second kappa shape index (κ2) is 4.24. The highest BCUT2D eigenvalue weighted by Gasteiger charge is 2.33. The van der Waals surface area contributed by atoms with E-state index in [4.69, 9.17) is 5.73 Å². The number of nitrogens with two attached hydrogens (primary N) is 1. The van der Waals surface area contributed by atoms with Crippen LogP contribution in [0.3, 0.4) is 0 Å². The Bertz CT molecular complexity index is 503. The molecule has 3 N–H and O–H groups in total. The quantitative estimate of drug-likeness (QED) is 0.743. The highest BCUT2D eigenvalue weighted by Crippen LogP contribution is 2.46. The zero-order valence-corrected chi connectivity index (χ0v) is 13.1. The van der Waals surface area contributed by atoms with Crippen LogP contribution >= 0.6 is 0 Å². The Hall–Kier alpha value is -1.02. The molecule has 1 aromatic carbocycles. The number of benzene rings is 1. The highest BCUT2D eigenvalue weighted by atomic mass is 16.3. The summed E-state index contributed by atoms with van der Waals surface area (Å²) in [7, 11) is 0. The van der Waals surface area contributed by atoms with Crippen LogP contribution in [-0.2, 0) is 17.3 Å². The van der Waals surface area contributed by atoms with Crippen molar-refractivity contribution >= 4 is 0 Å². The molecule has 1 aliphatic rings. The van der Waals surface area contributed by atoms with Crippen molar-refractivity contribution in [1.29, 1.82) is 0 Å². The van der Waals surface area contributed by atoms with Gasteiger partial charge >= 0.3 is 0 Å². The fourth-order valence-corrected chi connectivity index (χ4v) is 3.09. The molecule has 1 aromatic rings. The second-order valence-electron chi connectivity index (χ2n) is 7.86. The van der Waals surface area contributed by atoms with Crippen LogP contribution in [0.5, 0.6) is 5.75 Å². The SMILES string of the molecule is CC(C)(C)c1cc(C(C)(C)C)c2c(c1O)[C@@H](N)CC2. The van der Waals surface area contributed by atoms with Gasteiger partial charge in [0.25, 0.3) is 0 Å². The van der Waals surface area contributed by atoms with Gasteiger partial charge in [0, 0.05) is 11.6 Å². The first-order valence-corrected chi connectivity index (χ1v) is 7.18. The summed E-state index contributed by atoms with van der Waals surface area (Å²) in [4.78, 5) is 0. The summed E-state index contributed by atoms with van der Waals surface area (Å²) in [5.74, 6) is 0.431. The molecule has 2 rings (SSSR count). The smallest absolute Gasteiger partial charge is 0.124 e. The van der Waals surface area contributed by atoms with E-state index in [9.17, 15) is 5.11 Å². The highest BCUT2D eigenvalue weighted by molar-refractivity contribution is 5.57.